The van der Waals surface area contributed by atoms with Gasteiger partial charge in [0.15, 0.2) is 12.4 Å². The molecule has 4 rings (SSSR count). The number of hydrogen-bond acceptors (Lipinski definition) is 5. The van der Waals surface area contributed by atoms with Crippen molar-refractivity contribution in [1.29, 1.82) is 0 Å². The smallest absolute Gasteiger partial charge is 0.258 e. The number of carbonyl (C=O) groups excluding carboxylic acids is 1. The summed E-state index contributed by atoms with van der Waals surface area (Å²) in [4.78, 5) is 12.1. The van der Waals surface area contributed by atoms with E-state index in [-0.39, 0.29) is 19.1 Å². The number of hydrogen-bond donors (Lipinski definition) is 1. The van der Waals surface area contributed by atoms with Crippen LogP contribution in [0, 0.1) is 0 Å². The van der Waals surface area contributed by atoms with E-state index in [0.717, 1.165) is 22.4 Å². The first-order chi connectivity index (χ1) is 15.7. The highest BCUT2D eigenvalue weighted by atomic mass is 16.5. The molecule has 3 aromatic carbocycles. The third-order valence-electron chi connectivity index (χ3n) is 4.81. The molecule has 32 heavy (non-hydrogen) atoms. The summed E-state index contributed by atoms with van der Waals surface area (Å²) in [6.07, 6.45) is 0. The van der Waals surface area contributed by atoms with Crippen molar-refractivity contribution in [1.82, 2.24) is 10.5 Å². The molecule has 4 aromatic rings. The molecule has 1 heterocycles. The SMILES string of the molecule is CCOc1ccc(OCC(=O)NCc2cc(-c3ccc(-c4ccccc4)cc3)on2)cc1. The van der Waals surface area contributed by atoms with Crippen molar-refractivity contribution < 1.29 is 18.8 Å². The number of ether oxygens (including phenoxy) is 2. The van der Waals surface area contributed by atoms with Gasteiger partial charge >= 0.3 is 0 Å². The third-order valence-corrected chi connectivity index (χ3v) is 4.81. The molecular formula is C26H24N2O4. The number of nitrogens with one attached hydrogen (secondary N) is 1. The van der Waals surface area contributed by atoms with Gasteiger partial charge in [0, 0.05) is 11.6 Å². The van der Waals surface area contributed by atoms with Gasteiger partial charge in [-0.05, 0) is 42.3 Å². The van der Waals surface area contributed by atoms with E-state index in [0.29, 0.717) is 23.8 Å². The van der Waals surface area contributed by atoms with Crippen LogP contribution in [0.4, 0.5) is 0 Å². The van der Waals surface area contributed by atoms with Gasteiger partial charge in [-0.1, -0.05) is 59.8 Å². The van der Waals surface area contributed by atoms with E-state index in [4.69, 9.17) is 14.0 Å². The number of aromatic nitrogens is 1. The van der Waals surface area contributed by atoms with Crippen molar-refractivity contribution in [2.45, 2.75) is 13.5 Å². The standard InChI is InChI=1S/C26H24N2O4/c1-2-30-23-12-14-24(15-13-23)31-18-26(29)27-17-22-16-25(32-28-22)21-10-8-20(9-11-21)19-6-4-3-5-7-19/h3-16H,2,17-18H2,1H3,(H,27,29). The fourth-order valence-corrected chi connectivity index (χ4v) is 3.18. The van der Waals surface area contributed by atoms with Crippen molar-refractivity contribution in [2.24, 2.45) is 0 Å². The molecule has 0 aliphatic heterocycles. The van der Waals surface area contributed by atoms with Gasteiger partial charge in [-0.15, -0.1) is 0 Å². The summed E-state index contributed by atoms with van der Waals surface area (Å²) >= 11 is 0. The first kappa shape index (κ1) is 21.2. The molecular weight excluding hydrogens is 404 g/mol. The lowest BCUT2D eigenvalue weighted by molar-refractivity contribution is -0.123. The maximum absolute atomic E-state index is 12.1. The quantitative estimate of drug-likeness (QED) is 0.401. The van der Waals surface area contributed by atoms with Gasteiger partial charge in [-0.3, -0.25) is 4.79 Å². The summed E-state index contributed by atoms with van der Waals surface area (Å²) in [5.41, 5.74) is 3.86. The highest BCUT2D eigenvalue weighted by Crippen LogP contribution is 2.25. The maximum atomic E-state index is 12.1. The highest BCUT2D eigenvalue weighted by Gasteiger charge is 2.09. The van der Waals surface area contributed by atoms with E-state index in [9.17, 15) is 4.79 Å². The Bertz CT molecular complexity index is 1140. The molecule has 0 bridgehead atoms. The number of carbonyl (C=O) groups is 1. The largest absolute Gasteiger partial charge is 0.494 e. The predicted molar refractivity (Wildman–Crippen MR) is 122 cm³/mol. The Hall–Kier alpha value is -4.06. The van der Waals surface area contributed by atoms with Gasteiger partial charge in [0.05, 0.1) is 13.2 Å². The van der Waals surface area contributed by atoms with Crippen LogP contribution in [0.2, 0.25) is 0 Å². The first-order valence-corrected chi connectivity index (χ1v) is 10.4. The molecule has 0 atom stereocenters. The first-order valence-electron chi connectivity index (χ1n) is 10.4. The van der Waals surface area contributed by atoms with Crippen LogP contribution < -0.4 is 14.8 Å². The molecule has 6 nitrogen and oxygen atoms in total. The lowest BCUT2D eigenvalue weighted by Gasteiger charge is -2.07. The van der Waals surface area contributed by atoms with E-state index in [1.54, 1.807) is 24.3 Å². The van der Waals surface area contributed by atoms with Gasteiger partial charge in [-0.25, -0.2) is 0 Å². The second kappa shape index (κ2) is 10.3. The summed E-state index contributed by atoms with van der Waals surface area (Å²) in [7, 11) is 0. The molecule has 162 valence electrons. The summed E-state index contributed by atoms with van der Waals surface area (Å²) < 4.78 is 16.3. The summed E-state index contributed by atoms with van der Waals surface area (Å²) in [5.74, 6) is 1.78. The van der Waals surface area contributed by atoms with Crippen molar-refractivity contribution >= 4 is 5.91 Å². The van der Waals surface area contributed by atoms with Gasteiger partial charge in [0.1, 0.15) is 17.2 Å². The summed E-state index contributed by atoms with van der Waals surface area (Å²) in [6, 6.07) is 27.2. The van der Waals surface area contributed by atoms with E-state index in [2.05, 4.69) is 22.6 Å². The molecule has 0 saturated heterocycles. The molecule has 0 unspecified atom stereocenters. The average molecular weight is 428 g/mol. The fourth-order valence-electron chi connectivity index (χ4n) is 3.18. The zero-order valence-electron chi connectivity index (χ0n) is 17.8. The molecule has 0 fully saturated rings. The number of nitrogens with zero attached hydrogens (tertiary/aromatic N) is 1. The fraction of sp³-hybridized carbons (Fsp3) is 0.154. The van der Waals surface area contributed by atoms with Gasteiger partial charge in [-0.2, -0.15) is 0 Å². The van der Waals surface area contributed by atoms with Crippen molar-refractivity contribution in [2.75, 3.05) is 13.2 Å². The van der Waals surface area contributed by atoms with E-state index in [1.165, 1.54) is 0 Å². The average Bonchev–Trinajstić information content (AvgIpc) is 3.32. The minimum absolute atomic E-state index is 0.0837. The van der Waals surface area contributed by atoms with E-state index in [1.807, 2.05) is 55.5 Å². The zero-order chi connectivity index (χ0) is 22.2. The second-order valence-electron chi connectivity index (χ2n) is 7.10. The van der Waals surface area contributed by atoms with Gasteiger partial charge in [0.25, 0.3) is 5.91 Å². The second-order valence-corrected chi connectivity index (χ2v) is 7.10. The van der Waals surface area contributed by atoms with Crippen molar-refractivity contribution in [3.63, 3.8) is 0 Å². The highest BCUT2D eigenvalue weighted by molar-refractivity contribution is 5.77. The maximum Gasteiger partial charge on any atom is 0.258 e. The molecule has 1 aromatic heterocycles. The van der Waals surface area contributed by atoms with E-state index < -0.39 is 0 Å². The Morgan fingerprint density at radius 3 is 2.16 bits per heavy atom. The minimum Gasteiger partial charge on any atom is -0.494 e. The van der Waals surface area contributed by atoms with Crippen molar-refractivity contribution in [3.8, 4) is 33.9 Å². The molecule has 1 amide bonds. The Balaban J connectivity index is 1.27. The van der Waals surface area contributed by atoms with Crippen LogP contribution in [-0.4, -0.2) is 24.3 Å². The van der Waals surface area contributed by atoms with Crippen LogP contribution in [0.25, 0.3) is 22.5 Å². The lowest BCUT2D eigenvalue weighted by atomic mass is 10.0. The molecule has 0 spiro atoms. The third kappa shape index (κ3) is 5.55. The van der Waals surface area contributed by atoms with Gasteiger partial charge in [0.2, 0.25) is 0 Å². The normalized spacial score (nSPS) is 10.5. The monoisotopic (exact) mass is 428 g/mol. The predicted octanol–water partition coefficient (Wildman–Crippen LogP) is 5.10. The van der Waals surface area contributed by atoms with Crippen LogP contribution in [0.5, 0.6) is 11.5 Å². The van der Waals surface area contributed by atoms with Crippen molar-refractivity contribution in [3.05, 3.63) is 90.6 Å². The Morgan fingerprint density at radius 1 is 0.844 bits per heavy atom. The number of amides is 1. The van der Waals surface area contributed by atoms with Gasteiger partial charge < -0.3 is 19.3 Å². The number of benzene rings is 3. The summed E-state index contributed by atoms with van der Waals surface area (Å²) in [5, 5.41) is 6.83. The topological polar surface area (TPSA) is 73.6 Å². The molecule has 6 heteroatoms. The molecule has 0 saturated carbocycles. The minimum atomic E-state index is -0.240. The van der Waals surface area contributed by atoms with Crippen LogP contribution in [0.1, 0.15) is 12.6 Å². The Labute approximate surface area is 186 Å². The van der Waals surface area contributed by atoms with Crippen LogP contribution in [0.15, 0.2) is 89.5 Å². The molecule has 0 aliphatic rings. The molecule has 0 aliphatic carbocycles. The number of rotatable bonds is 9. The molecule has 0 radical (unpaired) electrons. The molecule has 1 N–H and O–H groups in total. The van der Waals surface area contributed by atoms with E-state index >= 15 is 0 Å². The Morgan fingerprint density at radius 2 is 1.47 bits per heavy atom. The lowest BCUT2D eigenvalue weighted by Crippen LogP contribution is -2.28. The Kier molecular flexibility index (Phi) is 6.82. The van der Waals surface area contributed by atoms with Crippen LogP contribution in [-0.2, 0) is 11.3 Å². The van der Waals surface area contributed by atoms with Crippen LogP contribution >= 0.6 is 0 Å². The zero-order valence-corrected chi connectivity index (χ0v) is 17.8. The van der Waals surface area contributed by atoms with Crippen LogP contribution in [0.3, 0.4) is 0 Å². The summed E-state index contributed by atoms with van der Waals surface area (Å²) in [6.45, 7) is 2.70.